The average Bonchev–Trinajstić information content (AvgIpc) is 2.78. The molecule has 4 N–H and O–H groups in total. The largest absolute Gasteiger partial charge is 0.506 e. The lowest BCUT2D eigenvalue weighted by Gasteiger charge is -2.28. The third-order valence-corrected chi connectivity index (χ3v) is 5.59. The molecule has 1 atom stereocenters. The van der Waals surface area contributed by atoms with Crippen LogP contribution < -0.4 is 5.32 Å². The van der Waals surface area contributed by atoms with Crippen molar-refractivity contribution in [3.05, 3.63) is 58.9 Å². The van der Waals surface area contributed by atoms with Crippen molar-refractivity contribution in [3.8, 4) is 5.75 Å². The van der Waals surface area contributed by atoms with Crippen LogP contribution in [0.25, 0.3) is 0 Å². The smallest absolute Gasteiger partial charge is 0.227 e. The van der Waals surface area contributed by atoms with Crippen LogP contribution in [0, 0.1) is 0 Å². The summed E-state index contributed by atoms with van der Waals surface area (Å²) in [6.07, 6.45) is 0.210. The molecule has 2 heterocycles. The van der Waals surface area contributed by atoms with Crippen LogP contribution in [0.1, 0.15) is 42.5 Å². The Kier molecular flexibility index (Phi) is 8.20. The number of nitrogens with one attached hydrogen (secondary N) is 1. The SMILES string of the molecule is CC(C)(Cc1cccc(CC(=O)N2CCOCC2)c1)NCC(O)c1ccc(O)c(CO)n1. The Morgan fingerprint density at radius 1 is 1.22 bits per heavy atom. The van der Waals surface area contributed by atoms with Gasteiger partial charge in [0.05, 0.1) is 31.9 Å². The Morgan fingerprint density at radius 2 is 1.94 bits per heavy atom. The molecular formula is C24H33N3O5. The number of amides is 1. The lowest BCUT2D eigenvalue weighted by Crippen LogP contribution is -2.43. The van der Waals surface area contributed by atoms with Crippen molar-refractivity contribution in [1.82, 2.24) is 15.2 Å². The monoisotopic (exact) mass is 443 g/mol. The molecule has 3 rings (SSSR count). The number of aromatic nitrogens is 1. The van der Waals surface area contributed by atoms with Crippen molar-refractivity contribution in [2.75, 3.05) is 32.8 Å². The molecule has 0 spiro atoms. The van der Waals surface area contributed by atoms with Crippen molar-refractivity contribution in [1.29, 1.82) is 0 Å². The summed E-state index contributed by atoms with van der Waals surface area (Å²) in [5, 5.41) is 32.7. The Morgan fingerprint density at radius 3 is 2.66 bits per heavy atom. The van der Waals surface area contributed by atoms with E-state index in [-0.39, 0.29) is 29.4 Å². The van der Waals surface area contributed by atoms with Gasteiger partial charge in [-0.05, 0) is 43.5 Å². The third kappa shape index (κ3) is 6.74. The maximum atomic E-state index is 12.5. The van der Waals surface area contributed by atoms with Crippen molar-refractivity contribution in [2.24, 2.45) is 0 Å². The molecule has 1 aromatic heterocycles. The molecule has 32 heavy (non-hydrogen) atoms. The molecule has 1 amide bonds. The van der Waals surface area contributed by atoms with Gasteiger partial charge in [0.15, 0.2) is 0 Å². The first-order valence-electron chi connectivity index (χ1n) is 10.9. The number of aliphatic hydroxyl groups excluding tert-OH is 2. The van der Waals surface area contributed by atoms with Crippen LogP contribution in [0.4, 0.5) is 0 Å². The molecule has 8 nitrogen and oxygen atoms in total. The number of hydrogen-bond donors (Lipinski definition) is 4. The highest BCUT2D eigenvalue weighted by atomic mass is 16.5. The van der Waals surface area contributed by atoms with Crippen LogP contribution >= 0.6 is 0 Å². The van der Waals surface area contributed by atoms with Gasteiger partial charge in [0, 0.05) is 25.2 Å². The van der Waals surface area contributed by atoms with Gasteiger partial charge in [-0.3, -0.25) is 4.79 Å². The highest BCUT2D eigenvalue weighted by Crippen LogP contribution is 2.20. The minimum absolute atomic E-state index is 0.0938. The van der Waals surface area contributed by atoms with E-state index in [4.69, 9.17) is 4.74 Å². The molecule has 1 unspecified atom stereocenters. The zero-order valence-corrected chi connectivity index (χ0v) is 18.8. The van der Waals surface area contributed by atoms with Crippen molar-refractivity contribution >= 4 is 5.91 Å². The van der Waals surface area contributed by atoms with E-state index in [2.05, 4.69) is 30.2 Å². The highest BCUT2D eigenvalue weighted by Gasteiger charge is 2.22. The zero-order chi connectivity index (χ0) is 23.1. The minimum atomic E-state index is -0.877. The highest BCUT2D eigenvalue weighted by molar-refractivity contribution is 5.78. The fourth-order valence-corrected chi connectivity index (χ4v) is 3.81. The van der Waals surface area contributed by atoms with Gasteiger partial charge in [-0.1, -0.05) is 24.3 Å². The van der Waals surface area contributed by atoms with Gasteiger partial charge in [-0.15, -0.1) is 0 Å². The normalized spacial score (nSPS) is 15.6. The van der Waals surface area contributed by atoms with Crippen LogP contribution in [0.3, 0.4) is 0 Å². The van der Waals surface area contributed by atoms with Crippen LogP contribution in [0.15, 0.2) is 36.4 Å². The average molecular weight is 444 g/mol. The molecule has 1 aliphatic rings. The second kappa shape index (κ2) is 10.9. The second-order valence-electron chi connectivity index (χ2n) is 8.81. The van der Waals surface area contributed by atoms with E-state index in [0.29, 0.717) is 44.8 Å². The number of benzene rings is 1. The predicted octanol–water partition coefficient (Wildman–Crippen LogP) is 1.33. The summed E-state index contributed by atoms with van der Waals surface area (Å²) in [5.74, 6) is 0.0262. The molecule has 0 aliphatic carbocycles. The fraction of sp³-hybridized carbons (Fsp3) is 0.500. The van der Waals surface area contributed by atoms with E-state index in [1.165, 1.54) is 6.07 Å². The van der Waals surface area contributed by atoms with Gasteiger partial charge in [-0.25, -0.2) is 4.98 Å². The molecule has 1 aliphatic heterocycles. The van der Waals surface area contributed by atoms with Gasteiger partial charge < -0.3 is 30.3 Å². The molecule has 1 fully saturated rings. The summed E-state index contributed by atoms with van der Waals surface area (Å²) in [7, 11) is 0. The van der Waals surface area contributed by atoms with Crippen molar-refractivity contribution < 1.29 is 24.9 Å². The second-order valence-corrected chi connectivity index (χ2v) is 8.81. The van der Waals surface area contributed by atoms with Crippen LogP contribution in [-0.2, 0) is 29.0 Å². The standard InChI is InChI=1S/C24H33N3O5/c1-24(2,25-15-22(30)19-6-7-21(29)20(16-28)26-19)14-18-5-3-4-17(12-18)13-23(31)27-8-10-32-11-9-27/h3-7,12,22,25,28-30H,8-11,13-16H2,1-2H3. The van der Waals surface area contributed by atoms with Crippen LogP contribution in [0.5, 0.6) is 5.75 Å². The Hall–Kier alpha value is -2.52. The summed E-state index contributed by atoms with van der Waals surface area (Å²) in [4.78, 5) is 18.5. The van der Waals surface area contributed by atoms with E-state index in [9.17, 15) is 20.1 Å². The lowest BCUT2D eigenvalue weighted by atomic mass is 9.93. The first-order valence-corrected chi connectivity index (χ1v) is 10.9. The molecule has 0 bridgehead atoms. The summed E-state index contributed by atoms with van der Waals surface area (Å²) in [5.41, 5.74) is 2.31. The van der Waals surface area contributed by atoms with E-state index < -0.39 is 12.7 Å². The number of aliphatic hydroxyl groups is 2. The predicted molar refractivity (Wildman–Crippen MR) is 120 cm³/mol. The first-order chi connectivity index (χ1) is 15.3. The van der Waals surface area contributed by atoms with Gasteiger partial charge >= 0.3 is 0 Å². The minimum Gasteiger partial charge on any atom is -0.506 e. The van der Waals surface area contributed by atoms with Gasteiger partial charge in [0.1, 0.15) is 17.5 Å². The molecule has 174 valence electrons. The van der Waals surface area contributed by atoms with E-state index in [1.54, 1.807) is 6.07 Å². The Labute approximate surface area is 188 Å². The van der Waals surface area contributed by atoms with Gasteiger partial charge in [0.2, 0.25) is 5.91 Å². The Balaban J connectivity index is 1.56. The number of morpholine rings is 1. The topological polar surface area (TPSA) is 115 Å². The quantitative estimate of drug-likeness (QED) is 0.462. The lowest BCUT2D eigenvalue weighted by molar-refractivity contribution is -0.134. The number of hydrogen-bond acceptors (Lipinski definition) is 7. The number of ether oxygens (including phenoxy) is 1. The summed E-state index contributed by atoms with van der Waals surface area (Å²) >= 11 is 0. The van der Waals surface area contributed by atoms with Crippen molar-refractivity contribution in [2.45, 2.75) is 44.9 Å². The maximum Gasteiger partial charge on any atom is 0.227 e. The fourth-order valence-electron chi connectivity index (χ4n) is 3.81. The molecule has 1 aromatic carbocycles. The van der Waals surface area contributed by atoms with Crippen LogP contribution in [0.2, 0.25) is 0 Å². The number of rotatable bonds is 9. The summed E-state index contributed by atoms with van der Waals surface area (Å²) in [6.45, 7) is 6.46. The molecule has 1 saturated heterocycles. The first kappa shape index (κ1) is 24.1. The molecule has 0 saturated carbocycles. The van der Waals surface area contributed by atoms with Crippen LogP contribution in [-0.4, -0.2) is 69.5 Å². The van der Waals surface area contributed by atoms with Gasteiger partial charge in [0.25, 0.3) is 0 Å². The molecule has 8 heteroatoms. The van der Waals surface area contributed by atoms with Gasteiger partial charge in [-0.2, -0.15) is 0 Å². The van der Waals surface area contributed by atoms with Crippen molar-refractivity contribution in [3.63, 3.8) is 0 Å². The number of nitrogens with zero attached hydrogens (tertiary/aromatic N) is 2. The number of β-amino-alcohol motifs (C(OH)–C–C–N with tert-alkyl or cyclic N) is 1. The van der Waals surface area contributed by atoms with E-state index in [0.717, 1.165) is 11.1 Å². The third-order valence-electron chi connectivity index (χ3n) is 5.59. The number of carbonyl (C=O) groups excluding carboxylic acids is 1. The maximum absolute atomic E-state index is 12.5. The van der Waals surface area contributed by atoms with E-state index in [1.807, 2.05) is 23.1 Å². The summed E-state index contributed by atoms with van der Waals surface area (Å²) < 4.78 is 5.31. The molecule has 0 radical (unpaired) electrons. The molecular weight excluding hydrogens is 410 g/mol. The number of carbonyl (C=O) groups is 1. The summed E-state index contributed by atoms with van der Waals surface area (Å²) in [6, 6.07) is 11.0. The number of aromatic hydroxyl groups is 1. The van der Waals surface area contributed by atoms with E-state index >= 15 is 0 Å². The zero-order valence-electron chi connectivity index (χ0n) is 18.8. The number of pyridine rings is 1. The molecule has 2 aromatic rings. The Bertz CT molecular complexity index is 912.